The molecule has 7 nitrogen and oxygen atoms in total. The molecular weight excluding hydrogens is 384 g/mol. The molecule has 8 heteroatoms. The SMILES string of the molecule is Cc1nnc(CNc2cc(OC[C@H]3C[C@@H]3c3ccc4ccccc4n3)ncn2)s1. The molecule has 2 atom stereocenters. The van der Waals surface area contributed by atoms with Crippen LogP contribution in [0.5, 0.6) is 5.88 Å². The van der Waals surface area contributed by atoms with E-state index < -0.39 is 0 Å². The van der Waals surface area contributed by atoms with Gasteiger partial charge in [0.05, 0.1) is 18.7 Å². The Bertz CT molecular complexity index is 1150. The van der Waals surface area contributed by atoms with Gasteiger partial charge >= 0.3 is 0 Å². The number of ether oxygens (including phenoxy) is 1. The minimum Gasteiger partial charge on any atom is -0.477 e. The van der Waals surface area contributed by atoms with Crippen LogP contribution in [0.4, 0.5) is 5.82 Å². The van der Waals surface area contributed by atoms with Crippen molar-refractivity contribution in [3.05, 3.63) is 64.5 Å². The molecule has 1 aromatic carbocycles. The summed E-state index contributed by atoms with van der Waals surface area (Å²) >= 11 is 1.57. The van der Waals surface area contributed by atoms with Crippen LogP contribution >= 0.6 is 11.3 Å². The van der Waals surface area contributed by atoms with Crippen molar-refractivity contribution in [2.75, 3.05) is 11.9 Å². The molecule has 0 unspecified atom stereocenters. The predicted molar refractivity (Wildman–Crippen MR) is 112 cm³/mol. The number of nitrogens with zero attached hydrogens (tertiary/aromatic N) is 5. The van der Waals surface area contributed by atoms with Crippen LogP contribution in [0, 0.1) is 12.8 Å². The van der Waals surface area contributed by atoms with Crippen LogP contribution in [-0.4, -0.2) is 31.8 Å². The zero-order chi connectivity index (χ0) is 19.6. The fourth-order valence-corrected chi connectivity index (χ4v) is 4.01. The molecule has 0 radical (unpaired) electrons. The van der Waals surface area contributed by atoms with Gasteiger partial charge in [0.15, 0.2) is 0 Å². The molecule has 3 aromatic heterocycles. The minimum absolute atomic E-state index is 0.458. The van der Waals surface area contributed by atoms with Crippen LogP contribution in [0.15, 0.2) is 48.8 Å². The fourth-order valence-electron chi connectivity index (χ4n) is 3.36. The number of pyridine rings is 1. The highest BCUT2D eigenvalue weighted by molar-refractivity contribution is 7.11. The van der Waals surface area contributed by atoms with Crippen molar-refractivity contribution < 1.29 is 4.74 Å². The molecule has 146 valence electrons. The number of para-hydroxylation sites is 1. The van der Waals surface area contributed by atoms with Crippen molar-refractivity contribution in [2.45, 2.75) is 25.8 Å². The standard InChI is InChI=1S/C21H20N6OS/c1-13-26-27-21(29-13)10-22-19-9-20(24-12-23-19)28-11-15-8-16(15)18-7-6-14-4-2-3-5-17(14)25-18/h2-7,9,12,15-16H,8,10-11H2,1H3,(H,22,23,24)/t15-,16+/m1/s1. The molecule has 1 aliphatic carbocycles. The lowest BCUT2D eigenvalue weighted by Crippen LogP contribution is -2.05. The number of hydrogen-bond donors (Lipinski definition) is 1. The first-order chi connectivity index (χ1) is 14.2. The van der Waals surface area contributed by atoms with Gasteiger partial charge in [0.1, 0.15) is 22.2 Å². The minimum atomic E-state index is 0.458. The molecular formula is C21H20N6OS. The Morgan fingerprint density at radius 3 is 2.97 bits per heavy atom. The van der Waals surface area contributed by atoms with Crippen LogP contribution in [0.1, 0.15) is 28.0 Å². The van der Waals surface area contributed by atoms with Gasteiger partial charge < -0.3 is 10.1 Å². The number of hydrogen-bond acceptors (Lipinski definition) is 8. The topological polar surface area (TPSA) is 85.7 Å². The van der Waals surface area contributed by atoms with Gasteiger partial charge in [-0.05, 0) is 25.5 Å². The summed E-state index contributed by atoms with van der Waals surface area (Å²) in [5.74, 6) is 2.22. The first-order valence-electron chi connectivity index (χ1n) is 9.58. The molecule has 0 amide bonds. The van der Waals surface area contributed by atoms with Crippen LogP contribution in [-0.2, 0) is 6.54 Å². The molecule has 0 aliphatic heterocycles. The lowest BCUT2D eigenvalue weighted by Gasteiger charge is -2.07. The maximum atomic E-state index is 5.92. The van der Waals surface area contributed by atoms with E-state index in [1.165, 1.54) is 11.7 Å². The fraction of sp³-hybridized carbons (Fsp3) is 0.286. The molecule has 0 saturated heterocycles. The van der Waals surface area contributed by atoms with E-state index in [-0.39, 0.29) is 0 Å². The van der Waals surface area contributed by atoms with Crippen molar-refractivity contribution in [3.8, 4) is 5.88 Å². The van der Waals surface area contributed by atoms with Crippen molar-refractivity contribution in [3.63, 3.8) is 0 Å². The third-order valence-electron chi connectivity index (χ3n) is 5.00. The highest BCUT2D eigenvalue weighted by atomic mass is 32.1. The van der Waals surface area contributed by atoms with E-state index in [2.05, 4.69) is 49.7 Å². The zero-order valence-corrected chi connectivity index (χ0v) is 16.8. The first-order valence-corrected chi connectivity index (χ1v) is 10.4. The number of rotatable bonds is 7. The highest BCUT2D eigenvalue weighted by Gasteiger charge is 2.40. The summed E-state index contributed by atoms with van der Waals surface area (Å²) in [6.45, 7) is 3.15. The van der Waals surface area contributed by atoms with E-state index in [9.17, 15) is 0 Å². The quantitative estimate of drug-likeness (QED) is 0.499. The Hall–Kier alpha value is -3.13. The first kappa shape index (κ1) is 17.9. The van der Waals surface area contributed by atoms with Crippen molar-refractivity contribution in [2.24, 2.45) is 5.92 Å². The molecule has 1 N–H and O–H groups in total. The monoisotopic (exact) mass is 404 g/mol. The second kappa shape index (κ2) is 7.71. The Kier molecular flexibility index (Phi) is 4.77. The summed E-state index contributed by atoms with van der Waals surface area (Å²) < 4.78 is 5.92. The average molecular weight is 404 g/mol. The molecule has 0 bridgehead atoms. The van der Waals surface area contributed by atoms with E-state index in [4.69, 9.17) is 9.72 Å². The third kappa shape index (κ3) is 4.17. The summed E-state index contributed by atoms with van der Waals surface area (Å²) in [6, 6.07) is 14.3. The third-order valence-corrected chi connectivity index (χ3v) is 5.84. The molecule has 0 spiro atoms. The summed E-state index contributed by atoms with van der Waals surface area (Å²) in [5.41, 5.74) is 2.20. The number of nitrogens with one attached hydrogen (secondary N) is 1. The molecule has 4 aromatic rings. The van der Waals surface area contributed by atoms with Gasteiger partial charge in [-0.1, -0.05) is 35.6 Å². The van der Waals surface area contributed by atoms with Crippen LogP contribution in [0.2, 0.25) is 0 Å². The second-order valence-electron chi connectivity index (χ2n) is 7.15. The smallest absolute Gasteiger partial charge is 0.218 e. The summed E-state index contributed by atoms with van der Waals surface area (Å²) in [5, 5.41) is 14.4. The van der Waals surface area contributed by atoms with Crippen LogP contribution in [0.3, 0.4) is 0 Å². The van der Waals surface area contributed by atoms with Crippen LogP contribution in [0.25, 0.3) is 10.9 Å². The number of aryl methyl sites for hydroxylation is 1. The molecule has 3 heterocycles. The summed E-state index contributed by atoms with van der Waals surface area (Å²) in [4.78, 5) is 13.3. The van der Waals surface area contributed by atoms with Crippen LogP contribution < -0.4 is 10.1 Å². The number of aromatic nitrogens is 5. The Labute approximate surface area is 172 Å². The van der Waals surface area contributed by atoms with Crippen molar-refractivity contribution in [1.82, 2.24) is 25.1 Å². The zero-order valence-electron chi connectivity index (χ0n) is 15.9. The van der Waals surface area contributed by atoms with Gasteiger partial charge in [0.25, 0.3) is 0 Å². The maximum Gasteiger partial charge on any atom is 0.218 e. The molecule has 29 heavy (non-hydrogen) atoms. The normalized spacial score (nSPS) is 18.0. The van der Waals surface area contributed by atoms with Crippen molar-refractivity contribution >= 4 is 28.1 Å². The average Bonchev–Trinajstić information content (AvgIpc) is 3.42. The summed E-state index contributed by atoms with van der Waals surface area (Å²) in [7, 11) is 0. The molecule has 1 saturated carbocycles. The number of anilines is 1. The molecule has 5 rings (SSSR count). The van der Waals surface area contributed by atoms with Gasteiger partial charge in [0, 0.05) is 29.0 Å². The second-order valence-corrected chi connectivity index (χ2v) is 8.42. The van der Waals surface area contributed by atoms with Gasteiger partial charge in [-0.25, -0.2) is 9.97 Å². The molecule has 1 aliphatic rings. The van der Waals surface area contributed by atoms with E-state index in [1.54, 1.807) is 11.3 Å². The largest absolute Gasteiger partial charge is 0.477 e. The van der Waals surface area contributed by atoms with E-state index >= 15 is 0 Å². The van der Waals surface area contributed by atoms with E-state index in [0.717, 1.165) is 27.6 Å². The Balaban J connectivity index is 1.16. The lowest BCUT2D eigenvalue weighted by molar-refractivity contribution is 0.285. The maximum absolute atomic E-state index is 5.92. The van der Waals surface area contributed by atoms with Gasteiger partial charge in [-0.15, -0.1) is 10.2 Å². The number of fused-ring (bicyclic) bond motifs is 1. The Morgan fingerprint density at radius 1 is 1.14 bits per heavy atom. The van der Waals surface area contributed by atoms with E-state index in [1.807, 2.05) is 25.1 Å². The van der Waals surface area contributed by atoms with Gasteiger partial charge in [-0.3, -0.25) is 4.98 Å². The lowest BCUT2D eigenvalue weighted by atomic mass is 10.1. The Morgan fingerprint density at radius 2 is 2.07 bits per heavy atom. The van der Waals surface area contributed by atoms with Gasteiger partial charge in [0.2, 0.25) is 5.88 Å². The molecule has 1 fully saturated rings. The predicted octanol–water partition coefficient (Wildman–Crippen LogP) is 3.98. The summed E-state index contributed by atoms with van der Waals surface area (Å²) in [6.07, 6.45) is 2.61. The highest BCUT2D eigenvalue weighted by Crippen LogP contribution is 2.47. The van der Waals surface area contributed by atoms with Gasteiger partial charge in [-0.2, -0.15) is 0 Å². The van der Waals surface area contributed by atoms with Crippen molar-refractivity contribution in [1.29, 1.82) is 0 Å². The number of benzene rings is 1. The van der Waals surface area contributed by atoms with E-state index in [0.29, 0.717) is 36.7 Å².